The van der Waals surface area contributed by atoms with E-state index in [1.807, 2.05) is 43.3 Å². The second kappa shape index (κ2) is 5.21. The fourth-order valence-electron chi connectivity index (χ4n) is 2.81. The van der Waals surface area contributed by atoms with Gasteiger partial charge in [0.05, 0.1) is 11.9 Å². The van der Waals surface area contributed by atoms with Gasteiger partial charge < -0.3 is 5.32 Å². The zero-order chi connectivity index (χ0) is 14.0. The number of nitrogens with one attached hydrogen (secondary N) is 1. The van der Waals surface area contributed by atoms with Crippen LogP contribution in [0.25, 0.3) is 5.69 Å². The van der Waals surface area contributed by atoms with Crippen molar-refractivity contribution in [1.29, 1.82) is 0 Å². The van der Waals surface area contributed by atoms with Crippen LogP contribution < -0.4 is 5.32 Å². The average molecular weight is 269 g/mol. The molecule has 1 aromatic heterocycles. The van der Waals surface area contributed by atoms with Gasteiger partial charge in [0.2, 0.25) is 0 Å². The molecule has 2 aromatic rings. The molecule has 0 amide bonds. The topological polar surface area (TPSA) is 46.9 Å². The fraction of sp³-hybridized carbons (Fsp3) is 0.375. The van der Waals surface area contributed by atoms with Crippen LogP contribution >= 0.6 is 0 Å². The number of hydrogen-bond acceptors (Lipinski definition) is 3. The van der Waals surface area contributed by atoms with Gasteiger partial charge in [-0.05, 0) is 37.6 Å². The average Bonchev–Trinajstić information content (AvgIpc) is 2.97. The van der Waals surface area contributed by atoms with Gasteiger partial charge in [-0.15, -0.1) is 0 Å². The molecule has 20 heavy (non-hydrogen) atoms. The van der Waals surface area contributed by atoms with E-state index in [-0.39, 0.29) is 11.2 Å². The number of rotatable bonds is 3. The molecule has 0 saturated carbocycles. The molecule has 1 aliphatic rings. The first-order valence-corrected chi connectivity index (χ1v) is 7.06. The van der Waals surface area contributed by atoms with Gasteiger partial charge in [-0.1, -0.05) is 25.1 Å². The predicted octanol–water partition coefficient (Wildman–Crippen LogP) is 2.44. The zero-order valence-corrected chi connectivity index (χ0v) is 11.7. The van der Waals surface area contributed by atoms with E-state index in [0.717, 1.165) is 31.6 Å². The van der Waals surface area contributed by atoms with Gasteiger partial charge in [-0.25, -0.2) is 4.68 Å². The van der Waals surface area contributed by atoms with Gasteiger partial charge in [-0.3, -0.25) is 4.79 Å². The van der Waals surface area contributed by atoms with Crippen molar-refractivity contribution in [3.63, 3.8) is 0 Å². The summed E-state index contributed by atoms with van der Waals surface area (Å²) in [6, 6.07) is 11.6. The number of hydrogen-bond donors (Lipinski definition) is 1. The minimum Gasteiger partial charge on any atom is -0.316 e. The maximum absolute atomic E-state index is 12.9. The number of Topliss-reactive ketones (excluding diaryl/α,β-unsaturated/α-hetero) is 1. The fourth-order valence-corrected chi connectivity index (χ4v) is 2.81. The van der Waals surface area contributed by atoms with E-state index in [0.29, 0.717) is 5.69 Å². The van der Waals surface area contributed by atoms with Crippen LogP contribution in [0.5, 0.6) is 0 Å². The van der Waals surface area contributed by atoms with Crippen molar-refractivity contribution < 1.29 is 4.79 Å². The zero-order valence-electron chi connectivity index (χ0n) is 11.7. The van der Waals surface area contributed by atoms with E-state index in [1.165, 1.54) is 0 Å². The van der Waals surface area contributed by atoms with Gasteiger partial charge in [0.25, 0.3) is 0 Å². The molecule has 4 nitrogen and oxygen atoms in total. The van der Waals surface area contributed by atoms with Gasteiger partial charge in [0, 0.05) is 12.0 Å². The number of carbonyl (C=O) groups excluding carboxylic acids is 1. The Hall–Kier alpha value is -1.94. The molecule has 1 unspecified atom stereocenters. The summed E-state index contributed by atoms with van der Waals surface area (Å²) >= 11 is 0. The molecular weight excluding hydrogens is 250 g/mol. The lowest BCUT2D eigenvalue weighted by Gasteiger charge is -2.32. The molecule has 104 valence electrons. The van der Waals surface area contributed by atoms with Crippen LogP contribution in [0.1, 0.15) is 30.3 Å². The highest BCUT2D eigenvalue weighted by atomic mass is 16.1. The van der Waals surface area contributed by atoms with Crippen LogP contribution in [-0.4, -0.2) is 28.7 Å². The highest BCUT2D eigenvalue weighted by Gasteiger charge is 2.36. The van der Waals surface area contributed by atoms with Crippen LogP contribution in [0.4, 0.5) is 0 Å². The monoisotopic (exact) mass is 269 g/mol. The molecule has 0 aliphatic carbocycles. The molecule has 1 aliphatic heterocycles. The third kappa shape index (κ3) is 2.27. The number of para-hydroxylation sites is 1. The van der Waals surface area contributed by atoms with E-state index < -0.39 is 0 Å². The van der Waals surface area contributed by atoms with Crippen LogP contribution in [0.2, 0.25) is 0 Å². The predicted molar refractivity (Wildman–Crippen MR) is 78.1 cm³/mol. The molecule has 1 saturated heterocycles. The van der Waals surface area contributed by atoms with Gasteiger partial charge in [-0.2, -0.15) is 5.10 Å². The lowest BCUT2D eigenvalue weighted by Crippen LogP contribution is -2.44. The molecule has 2 heterocycles. The number of ketones is 1. The molecular formula is C16H19N3O. The molecule has 1 aromatic carbocycles. The first-order valence-electron chi connectivity index (χ1n) is 7.06. The minimum absolute atomic E-state index is 0.172. The molecule has 0 spiro atoms. The van der Waals surface area contributed by atoms with E-state index in [1.54, 1.807) is 10.9 Å². The summed E-state index contributed by atoms with van der Waals surface area (Å²) in [4.78, 5) is 12.9. The van der Waals surface area contributed by atoms with Gasteiger partial charge in [0.15, 0.2) is 5.78 Å². The number of carbonyl (C=O) groups is 1. The third-order valence-electron chi connectivity index (χ3n) is 4.02. The quantitative estimate of drug-likeness (QED) is 0.871. The lowest BCUT2D eigenvalue weighted by molar-refractivity contribution is 0.0764. The molecule has 1 atom stereocenters. The first-order chi connectivity index (χ1) is 9.71. The Morgan fingerprint density at radius 3 is 2.80 bits per heavy atom. The van der Waals surface area contributed by atoms with Crippen molar-refractivity contribution in [2.45, 2.75) is 19.8 Å². The van der Waals surface area contributed by atoms with E-state index >= 15 is 0 Å². The summed E-state index contributed by atoms with van der Waals surface area (Å²) in [6.07, 6.45) is 3.67. The summed E-state index contributed by atoms with van der Waals surface area (Å²) < 4.78 is 1.74. The Morgan fingerprint density at radius 1 is 1.30 bits per heavy atom. The normalized spacial score (nSPS) is 22.6. The van der Waals surface area contributed by atoms with Crippen molar-refractivity contribution in [1.82, 2.24) is 15.1 Å². The maximum Gasteiger partial charge on any atom is 0.188 e. The van der Waals surface area contributed by atoms with E-state index in [2.05, 4.69) is 10.4 Å². The first kappa shape index (κ1) is 13.1. The Kier molecular flexibility index (Phi) is 3.40. The van der Waals surface area contributed by atoms with Crippen LogP contribution in [0.15, 0.2) is 42.6 Å². The van der Waals surface area contributed by atoms with Crippen molar-refractivity contribution in [2.24, 2.45) is 5.41 Å². The molecule has 3 rings (SSSR count). The second-order valence-corrected chi connectivity index (χ2v) is 5.63. The molecule has 1 N–H and O–H groups in total. The largest absolute Gasteiger partial charge is 0.316 e. The smallest absolute Gasteiger partial charge is 0.188 e. The van der Waals surface area contributed by atoms with E-state index in [4.69, 9.17) is 0 Å². The van der Waals surface area contributed by atoms with E-state index in [9.17, 15) is 4.79 Å². The van der Waals surface area contributed by atoms with Gasteiger partial charge >= 0.3 is 0 Å². The summed E-state index contributed by atoms with van der Waals surface area (Å²) in [6.45, 7) is 3.79. The SMILES string of the molecule is CC1(C(=O)c2ccnn2-c2ccccc2)CCCNC1. The summed E-state index contributed by atoms with van der Waals surface area (Å²) in [7, 11) is 0. The molecule has 4 heteroatoms. The highest BCUT2D eigenvalue weighted by molar-refractivity contribution is 5.99. The maximum atomic E-state index is 12.9. The number of piperidine rings is 1. The van der Waals surface area contributed by atoms with Gasteiger partial charge in [0.1, 0.15) is 5.69 Å². The number of nitrogens with zero attached hydrogens (tertiary/aromatic N) is 2. The second-order valence-electron chi connectivity index (χ2n) is 5.63. The summed E-state index contributed by atoms with van der Waals surface area (Å²) in [5.41, 5.74) is 1.26. The highest BCUT2D eigenvalue weighted by Crippen LogP contribution is 2.30. The Balaban J connectivity index is 1.95. The minimum atomic E-state index is -0.329. The van der Waals surface area contributed by atoms with Crippen LogP contribution in [0.3, 0.4) is 0 Å². The lowest BCUT2D eigenvalue weighted by atomic mass is 9.78. The van der Waals surface area contributed by atoms with Crippen molar-refractivity contribution >= 4 is 5.78 Å². The van der Waals surface area contributed by atoms with Crippen molar-refractivity contribution in [3.8, 4) is 5.69 Å². The van der Waals surface area contributed by atoms with Crippen molar-refractivity contribution in [3.05, 3.63) is 48.3 Å². The molecule has 0 radical (unpaired) electrons. The molecule has 0 bridgehead atoms. The summed E-state index contributed by atoms with van der Waals surface area (Å²) in [5, 5.41) is 7.64. The summed E-state index contributed by atoms with van der Waals surface area (Å²) in [5.74, 6) is 0.172. The Labute approximate surface area is 118 Å². The molecule has 1 fully saturated rings. The number of benzene rings is 1. The van der Waals surface area contributed by atoms with Crippen LogP contribution in [-0.2, 0) is 0 Å². The van der Waals surface area contributed by atoms with Crippen molar-refractivity contribution in [2.75, 3.05) is 13.1 Å². The Bertz CT molecular complexity index is 597. The number of aromatic nitrogens is 2. The standard InChI is InChI=1S/C16H19N3O/c1-16(9-5-10-17-12-16)15(20)14-8-11-18-19(14)13-6-3-2-4-7-13/h2-4,6-8,11,17H,5,9-10,12H2,1H3. The van der Waals surface area contributed by atoms with Crippen LogP contribution in [0, 0.1) is 5.41 Å². The Morgan fingerprint density at radius 2 is 2.10 bits per heavy atom. The third-order valence-corrected chi connectivity index (χ3v) is 4.02.